The molecule has 7 atom stereocenters. The Kier molecular flexibility index (Phi) is 3.10. The summed E-state index contributed by atoms with van der Waals surface area (Å²) in [7, 11) is 0. The summed E-state index contributed by atoms with van der Waals surface area (Å²) in [6.45, 7) is 4.85. The van der Waals surface area contributed by atoms with Gasteiger partial charge in [0.15, 0.2) is 0 Å². The number of ketones is 1. The van der Waals surface area contributed by atoms with Crippen molar-refractivity contribution in [1.82, 2.24) is 0 Å². The van der Waals surface area contributed by atoms with Crippen molar-refractivity contribution in [3.05, 3.63) is 0 Å². The summed E-state index contributed by atoms with van der Waals surface area (Å²) in [6.07, 6.45) is 10.0. The van der Waals surface area contributed by atoms with Crippen molar-refractivity contribution >= 4 is 5.78 Å². The molecule has 0 amide bonds. The number of Topliss-reactive ketones (excluding diaryl/α,β-unsaturated/α-hetero) is 1. The van der Waals surface area contributed by atoms with Gasteiger partial charge in [0.25, 0.3) is 0 Å². The van der Waals surface area contributed by atoms with E-state index in [4.69, 9.17) is 0 Å². The normalized spacial score (nSPS) is 56.5. The van der Waals surface area contributed by atoms with Gasteiger partial charge in [-0.15, -0.1) is 0 Å². The van der Waals surface area contributed by atoms with Gasteiger partial charge in [-0.1, -0.05) is 13.8 Å². The lowest BCUT2D eigenvalue weighted by Crippen LogP contribution is -2.54. The van der Waals surface area contributed by atoms with E-state index in [9.17, 15) is 9.90 Å². The van der Waals surface area contributed by atoms with Gasteiger partial charge in [0.2, 0.25) is 0 Å². The van der Waals surface area contributed by atoms with Gasteiger partial charge in [-0.05, 0) is 79.4 Å². The molecule has 0 radical (unpaired) electrons. The highest BCUT2D eigenvalue weighted by atomic mass is 16.3. The summed E-state index contributed by atoms with van der Waals surface area (Å²) < 4.78 is 0. The van der Waals surface area contributed by atoms with Gasteiger partial charge in [-0.3, -0.25) is 4.79 Å². The number of fused-ring (bicyclic) bond motifs is 5. The van der Waals surface area contributed by atoms with Crippen molar-refractivity contribution < 1.29 is 9.90 Å². The smallest absolute Gasteiger partial charge is 0.133 e. The van der Waals surface area contributed by atoms with E-state index in [-0.39, 0.29) is 11.5 Å². The molecule has 0 saturated heterocycles. The molecule has 4 rings (SSSR count). The number of hydrogen-bond acceptors (Lipinski definition) is 2. The molecule has 4 saturated carbocycles. The summed E-state index contributed by atoms with van der Waals surface area (Å²) >= 11 is 0. The minimum Gasteiger partial charge on any atom is -0.393 e. The van der Waals surface area contributed by atoms with Gasteiger partial charge in [0.1, 0.15) is 5.78 Å². The average Bonchev–Trinajstić information content (AvgIpc) is 2.76. The van der Waals surface area contributed by atoms with Crippen LogP contribution in [0.5, 0.6) is 0 Å². The third-order valence-corrected chi connectivity index (χ3v) is 8.43. The predicted octanol–water partition coefficient (Wildman–Crippen LogP) is 3.96. The maximum Gasteiger partial charge on any atom is 0.133 e. The van der Waals surface area contributed by atoms with Crippen molar-refractivity contribution in [3.8, 4) is 0 Å². The second-order valence-corrected chi connectivity index (χ2v) is 9.04. The predicted molar refractivity (Wildman–Crippen MR) is 82.7 cm³/mol. The molecule has 0 aromatic heterocycles. The summed E-state index contributed by atoms with van der Waals surface area (Å²) in [5.41, 5.74) is 0.598. The second-order valence-electron chi connectivity index (χ2n) is 9.04. The molecule has 118 valence electrons. The number of hydrogen-bond donors (Lipinski definition) is 1. The zero-order valence-electron chi connectivity index (χ0n) is 13.6. The maximum absolute atomic E-state index is 11.9. The van der Waals surface area contributed by atoms with Gasteiger partial charge in [0.05, 0.1) is 6.10 Å². The fraction of sp³-hybridized carbons (Fsp3) is 0.947. The first kappa shape index (κ1) is 14.2. The molecular weight excluding hydrogens is 260 g/mol. The molecule has 2 heteroatoms. The maximum atomic E-state index is 11.9. The third-order valence-electron chi connectivity index (χ3n) is 8.43. The molecule has 4 fully saturated rings. The van der Waals surface area contributed by atoms with Gasteiger partial charge < -0.3 is 5.11 Å². The average molecular weight is 290 g/mol. The number of aliphatic hydroxyl groups excluding tert-OH is 1. The van der Waals surface area contributed by atoms with Crippen molar-refractivity contribution in [1.29, 1.82) is 0 Å². The van der Waals surface area contributed by atoms with E-state index in [0.29, 0.717) is 17.1 Å². The monoisotopic (exact) mass is 290 g/mol. The fourth-order valence-corrected chi connectivity index (χ4v) is 7.02. The zero-order chi connectivity index (χ0) is 14.8. The fourth-order valence-electron chi connectivity index (χ4n) is 7.02. The van der Waals surface area contributed by atoms with Crippen LogP contribution in [0.1, 0.15) is 71.6 Å². The van der Waals surface area contributed by atoms with E-state index in [1.54, 1.807) is 0 Å². The lowest BCUT2D eigenvalue weighted by atomic mass is 9.45. The van der Waals surface area contributed by atoms with Gasteiger partial charge in [-0.2, -0.15) is 0 Å². The third kappa shape index (κ3) is 1.84. The SMILES string of the molecule is C[C@@]12CC[C@@H]3[C@H](CC[C@@H]4CC(=O)CC[C@]43C)[C@H]1CC[C@H]2O. The highest BCUT2D eigenvalue weighted by Gasteiger charge is 2.59. The lowest BCUT2D eigenvalue weighted by molar-refractivity contribution is -0.141. The molecule has 0 heterocycles. The van der Waals surface area contributed by atoms with Crippen LogP contribution in [0.2, 0.25) is 0 Å². The molecule has 0 aromatic rings. The Balaban J connectivity index is 1.64. The van der Waals surface area contributed by atoms with E-state index in [2.05, 4.69) is 13.8 Å². The minimum absolute atomic E-state index is 0.0677. The highest BCUT2D eigenvalue weighted by Crippen LogP contribution is 2.65. The first-order valence-electron chi connectivity index (χ1n) is 9.15. The molecular formula is C19H30O2. The summed E-state index contributed by atoms with van der Waals surface area (Å²) in [4.78, 5) is 11.9. The van der Waals surface area contributed by atoms with Crippen LogP contribution < -0.4 is 0 Å². The number of carbonyl (C=O) groups is 1. The van der Waals surface area contributed by atoms with E-state index >= 15 is 0 Å². The van der Waals surface area contributed by atoms with Crippen LogP contribution in [-0.2, 0) is 4.79 Å². The summed E-state index contributed by atoms with van der Waals surface area (Å²) in [6, 6.07) is 0. The van der Waals surface area contributed by atoms with Gasteiger partial charge in [-0.25, -0.2) is 0 Å². The number of aliphatic hydroxyl groups is 1. The Labute approximate surface area is 128 Å². The van der Waals surface area contributed by atoms with E-state index in [0.717, 1.165) is 43.4 Å². The Morgan fingerprint density at radius 2 is 1.71 bits per heavy atom. The van der Waals surface area contributed by atoms with E-state index in [1.165, 1.54) is 32.1 Å². The quantitative estimate of drug-likeness (QED) is 0.733. The summed E-state index contributed by atoms with van der Waals surface area (Å²) in [5.74, 6) is 3.52. The topological polar surface area (TPSA) is 37.3 Å². The molecule has 4 aliphatic rings. The number of rotatable bonds is 0. The molecule has 0 unspecified atom stereocenters. The van der Waals surface area contributed by atoms with Crippen LogP contribution in [0.15, 0.2) is 0 Å². The lowest BCUT2D eigenvalue weighted by Gasteiger charge is -2.60. The van der Waals surface area contributed by atoms with Crippen LogP contribution in [0.25, 0.3) is 0 Å². The highest BCUT2D eigenvalue weighted by molar-refractivity contribution is 5.79. The van der Waals surface area contributed by atoms with E-state index in [1.807, 2.05) is 0 Å². The first-order valence-corrected chi connectivity index (χ1v) is 9.15. The molecule has 21 heavy (non-hydrogen) atoms. The van der Waals surface area contributed by atoms with Crippen LogP contribution in [0.3, 0.4) is 0 Å². The van der Waals surface area contributed by atoms with Gasteiger partial charge >= 0.3 is 0 Å². The molecule has 0 aliphatic heterocycles. The molecule has 0 aromatic carbocycles. The van der Waals surface area contributed by atoms with Crippen LogP contribution in [0.4, 0.5) is 0 Å². The van der Waals surface area contributed by atoms with Gasteiger partial charge in [0, 0.05) is 12.8 Å². The Morgan fingerprint density at radius 1 is 0.952 bits per heavy atom. The van der Waals surface area contributed by atoms with Crippen LogP contribution >= 0.6 is 0 Å². The summed E-state index contributed by atoms with van der Waals surface area (Å²) in [5, 5.41) is 10.5. The zero-order valence-corrected chi connectivity index (χ0v) is 13.6. The minimum atomic E-state index is -0.0677. The molecule has 0 spiro atoms. The largest absolute Gasteiger partial charge is 0.393 e. The van der Waals surface area contributed by atoms with E-state index < -0.39 is 0 Å². The van der Waals surface area contributed by atoms with Crippen molar-refractivity contribution in [2.24, 2.45) is 34.5 Å². The Bertz CT molecular complexity index is 458. The van der Waals surface area contributed by atoms with Crippen LogP contribution in [0, 0.1) is 34.5 Å². The van der Waals surface area contributed by atoms with Crippen molar-refractivity contribution in [2.45, 2.75) is 77.7 Å². The standard InChI is InChI=1S/C19H30O2/c1-18-9-7-13(20)11-12(18)3-4-14-15-5-6-17(21)19(15,2)10-8-16(14)18/h12,14-17,21H,3-11H2,1-2H3/t12-,14-,15-,16-,17-,18-,19-/m1/s1. The molecule has 1 N–H and O–H groups in total. The van der Waals surface area contributed by atoms with Crippen LogP contribution in [-0.4, -0.2) is 17.0 Å². The molecule has 0 bridgehead atoms. The Hall–Kier alpha value is -0.370. The Morgan fingerprint density at radius 3 is 2.52 bits per heavy atom. The van der Waals surface area contributed by atoms with Crippen molar-refractivity contribution in [3.63, 3.8) is 0 Å². The number of carbonyl (C=O) groups excluding carboxylic acids is 1. The molecule has 2 nitrogen and oxygen atoms in total. The second kappa shape index (κ2) is 4.57. The molecule has 4 aliphatic carbocycles. The van der Waals surface area contributed by atoms with Crippen molar-refractivity contribution in [2.75, 3.05) is 0 Å². The first-order chi connectivity index (χ1) is 9.95.